The second-order valence-corrected chi connectivity index (χ2v) is 7.16. The molecule has 0 spiro atoms. The van der Waals surface area contributed by atoms with E-state index in [1.807, 2.05) is 6.07 Å². The second kappa shape index (κ2) is 10.8. The highest BCUT2D eigenvalue weighted by molar-refractivity contribution is 6.31. The molecule has 0 fully saturated rings. The van der Waals surface area contributed by atoms with Crippen LogP contribution in [0.2, 0.25) is 5.02 Å². The number of rotatable bonds is 8. The van der Waals surface area contributed by atoms with Crippen molar-refractivity contribution < 1.29 is 19.2 Å². The molecular weight excluding hydrogens is 446 g/mol. The Morgan fingerprint density at radius 3 is 2.55 bits per heavy atom. The highest BCUT2D eigenvalue weighted by atomic mass is 35.5. The number of nitro groups is 1. The lowest BCUT2D eigenvalue weighted by atomic mass is 10.1. The van der Waals surface area contributed by atoms with E-state index >= 15 is 0 Å². The molecule has 3 rings (SSSR count). The van der Waals surface area contributed by atoms with Crippen molar-refractivity contribution in [3.8, 4) is 17.6 Å². The number of nitriles is 1. The standard InChI is InChI=1S/C24H18ClN3O5/c1-32-23-11-8-19(25)13-21(23)27-24(29)18(14-26)12-17-4-2-3-5-22(17)33-15-16-6-9-20(10-7-16)28(30)31/h2-13H,15H2,1H3,(H,27,29)/b18-12+. The van der Waals surface area contributed by atoms with E-state index in [0.29, 0.717) is 27.8 Å². The van der Waals surface area contributed by atoms with Crippen LogP contribution in [0.5, 0.6) is 11.5 Å². The Bertz CT molecular complexity index is 1250. The summed E-state index contributed by atoms with van der Waals surface area (Å²) in [7, 11) is 1.46. The van der Waals surface area contributed by atoms with Crippen LogP contribution in [0.4, 0.5) is 11.4 Å². The summed E-state index contributed by atoms with van der Waals surface area (Å²) in [6.07, 6.45) is 1.41. The summed E-state index contributed by atoms with van der Waals surface area (Å²) in [6, 6.07) is 19.5. The van der Waals surface area contributed by atoms with Crippen molar-refractivity contribution in [3.05, 3.63) is 98.6 Å². The number of para-hydroxylation sites is 1. The molecule has 0 aromatic heterocycles. The first kappa shape index (κ1) is 23.3. The molecule has 0 heterocycles. The van der Waals surface area contributed by atoms with Crippen molar-refractivity contribution >= 4 is 35.0 Å². The summed E-state index contributed by atoms with van der Waals surface area (Å²) in [4.78, 5) is 23.0. The molecule has 8 nitrogen and oxygen atoms in total. The Morgan fingerprint density at radius 2 is 1.88 bits per heavy atom. The van der Waals surface area contributed by atoms with Gasteiger partial charge in [-0.05, 0) is 48.0 Å². The summed E-state index contributed by atoms with van der Waals surface area (Å²) in [5.74, 6) is 0.205. The van der Waals surface area contributed by atoms with Gasteiger partial charge in [0.2, 0.25) is 0 Å². The molecule has 0 bridgehead atoms. The van der Waals surface area contributed by atoms with E-state index in [-0.39, 0.29) is 17.9 Å². The van der Waals surface area contributed by atoms with Crippen molar-refractivity contribution in [2.45, 2.75) is 6.61 Å². The number of anilines is 1. The van der Waals surface area contributed by atoms with Gasteiger partial charge >= 0.3 is 0 Å². The third-order valence-electron chi connectivity index (χ3n) is 4.54. The van der Waals surface area contributed by atoms with E-state index in [1.165, 1.54) is 31.4 Å². The topological polar surface area (TPSA) is 114 Å². The van der Waals surface area contributed by atoms with Crippen molar-refractivity contribution in [2.75, 3.05) is 12.4 Å². The normalized spacial score (nSPS) is 10.8. The first-order valence-electron chi connectivity index (χ1n) is 9.63. The molecule has 3 aromatic rings. The Hall–Kier alpha value is -4.35. The van der Waals surface area contributed by atoms with Crippen molar-refractivity contribution in [1.82, 2.24) is 0 Å². The molecule has 1 N–H and O–H groups in total. The third-order valence-corrected chi connectivity index (χ3v) is 4.77. The van der Waals surface area contributed by atoms with Crippen molar-refractivity contribution in [2.24, 2.45) is 0 Å². The maximum atomic E-state index is 12.7. The van der Waals surface area contributed by atoms with E-state index < -0.39 is 10.8 Å². The Balaban J connectivity index is 1.79. The number of ether oxygens (including phenoxy) is 2. The number of hydrogen-bond donors (Lipinski definition) is 1. The van der Waals surface area contributed by atoms with Crippen LogP contribution in [-0.2, 0) is 11.4 Å². The molecule has 0 aliphatic carbocycles. The van der Waals surface area contributed by atoms with E-state index in [4.69, 9.17) is 21.1 Å². The van der Waals surface area contributed by atoms with Gasteiger partial charge in [-0.1, -0.05) is 29.8 Å². The molecule has 9 heteroatoms. The van der Waals surface area contributed by atoms with Gasteiger partial charge in [0, 0.05) is 22.7 Å². The summed E-state index contributed by atoms with van der Waals surface area (Å²) >= 11 is 5.99. The van der Waals surface area contributed by atoms with Gasteiger partial charge in [-0.15, -0.1) is 0 Å². The molecular formula is C24H18ClN3O5. The van der Waals surface area contributed by atoms with Crippen LogP contribution in [0.25, 0.3) is 6.08 Å². The average Bonchev–Trinajstić information content (AvgIpc) is 2.82. The second-order valence-electron chi connectivity index (χ2n) is 6.72. The van der Waals surface area contributed by atoms with Crippen LogP contribution < -0.4 is 14.8 Å². The lowest BCUT2D eigenvalue weighted by Gasteiger charge is -2.11. The molecule has 3 aromatic carbocycles. The lowest BCUT2D eigenvalue weighted by Crippen LogP contribution is -2.14. The summed E-state index contributed by atoms with van der Waals surface area (Å²) < 4.78 is 11.0. The van der Waals surface area contributed by atoms with Crippen LogP contribution in [-0.4, -0.2) is 17.9 Å². The Labute approximate surface area is 194 Å². The van der Waals surface area contributed by atoms with Crippen molar-refractivity contribution in [1.29, 1.82) is 5.26 Å². The number of amides is 1. The number of carbonyl (C=O) groups is 1. The van der Waals surface area contributed by atoms with E-state index in [1.54, 1.807) is 48.5 Å². The molecule has 0 unspecified atom stereocenters. The number of nitrogens with zero attached hydrogens (tertiary/aromatic N) is 2. The smallest absolute Gasteiger partial charge is 0.269 e. The molecule has 0 saturated carbocycles. The van der Waals surface area contributed by atoms with Crippen LogP contribution in [0.15, 0.2) is 72.3 Å². The molecule has 1 amide bonds. The largest absolute Gasteiger partial charge is 0.495 e. The number of methoxy groups -OCH3 is 1. The first-order valence-corrected chi connectivity index (χ1v) is 10.0. The lowest BCUT2D eigenvalue weighted by molar-refractivity contribution is -0.384. The average molecular weight is 464 g/mol. The van der Waals surface area contributed by atoms with Gasteiger partial charge in [0.05, 0.1) is 17.7 Å². The summed E-state index contributed by atoms with van der Waals surface area (Å²) in [6.45, 7) is 0.149. The number of hydrogen-bond acceptors (Lipinski definition) is 6. The fourth-order valence-electron chi connectivity index (χ4n) is 2.88. The monoisotopic (exact) mass is 463 g/mol. The van der Waals surface area contributed by atoms with Gasteiger partial charge in [-0.2, -0.15) is 5.26 Å². The minimum Gasteiger partial charge on any atom is -0.495 e. The van der Waals surface area contributed by atoms with Crippen molar-refractivity contribution in [3.63, 3.8) is 0 Å². The fourth-order valence-corrected chi connectivity index (χ4v) is 3.05. The number of benzene rings is 3. The Morgan fingerprint density at radius 1 is 1.15 bits per heavy atom. The zero-order valence-corrected chi connectivity index (χ0v) is 18.2. The van der Waals surface area contributed by atoms with Crippen LogP contribution in [0.1, 0.15) is 11.1 Å². The predicted molar refractivity (Wildman–Crippen MR) is 124 cm³/mol. The van der Waals surface area contributed by atoms with E-state index in [0.717, 1.165) is 5.56 Å². The highest BCUT2D eigenvalue weighted by Gasteiger charge is 2.14. The zero-order valence-electron chi connectivity index (χ0n) is 17.4. The highest BCUT2D eigenvalue weighted by Crippen LogP contribution is 2.29. The van der Waals surface area contributed by atoms with Crippen LogP contribution >= 0.6 is 11.6 Å². The SMILES string of the molecule is COc1ccc(Cl)cc1NC(=O)/C(C#N)=C/c1ccccc1OCc1ccc([N+](=O)[O-])cc1. The quantitative estimate of drug-likeness (QED) is 0.207. The zero-order chi connectivity index (χ0) is 23.8. The molecule has 0 saturated heterocycles. The van der Waals surface area contributed by atoms with Crippen LogP contribution in [0.3, 0.4) is 0 Å². The van der Waals surface area contributed by atoms with Crippen LogP contribution in [0, 0.1) is 21.4 Å². The summed E-state index contributed by atoms with van der Waals surface area (Å²) in [5, 5.41) is 23.4. The molecule has 0 atom stereocenters. The molecule has 0 aliphatic heterocycles. The number of carbonyl (C=O) groups excluding carboxylic acids is 1. The molecule has 0 aliphatic rings. The number of halogens is 1. The molecule has 33 heavy (non-hydrogen) atoms. The number of nitrogens with one attached hydrogen (secondary N) is 1. The van der Waals surface area contributed by atoms with Gasteiger partial charge < -0.3 is 14.8 Å². The minimum atomic E-state index is -0.636. The maximum absolute atomic E-state index is 12.7. The third kappa shape index (κ3) is 6.09. The molecule has 166 valence electrons. The van der Waals surface area contributed by atoms with Gasteiger partial charge in [-0.3, -0.25) is 14.9 Å². The van der Waals surface area contributed by atoms with Gasteiger partial charge in [0.25, 0.3) is 11.6 Å². The van der Waals surface area contributed by atoms with Gasteiger partial charge in [0.15, 0.2) is 0 Å². The number of nitro benzene ring substituents is 1. The minimum absolute atomic E-state index is 0.0110. The Kier molecular flexibility index (Phi) is 7.63. The van der Waals surface area contributed by atoms with E-state index in [9.17, 15) is 20.2 Å². The number of non-ortho nitro benzene ring substituents is 1. The molecule has 0 radical (unpaired) electrons. The first-order chi connectivity index (χ1) is 15.9. The fraction of sp³-hybridized carbons (Fsp3) is 0.0833. The van der Waals surface area contributed by atoms with E-state index in [2.05, 4.69) is 5.32 Å². The van der Waals surface area contributed by atoms with Gasteiger partial charge in [-0.25, -0.2) is 0 Å². The summed E-state index contributed by atoms with van der Waals surface area (Å²) in [5.41, 5.74) is 1.42. The maximum Gasteiger partial charge on any atom is 0.269 e. The van der Waals surface area contributed by atoms with Gasteiger partial charge in [0.1, 0.15) is 29.7 Å². The predicted octanol–water partition coefficient (Wildman–Crippen LogP) is 5.38.